The number of carbonyl (C=O) groups excluding carboxylic acids is 1. The minimum Gasteiger partial charge on any atom is -0.463 e. The number of aliphatic imine (C=N–C) groups is 1. The molecular formula is C22H26ClFN6O3. The number of nitrogens with one attached hydrogen (secondary N) is 1. The number of esters is 1. The Morgan fingerprint density at radius 1 is 1.33 bits per heavy atom. The van der Waals surface area contributed by atoms with E-state index >= 15 is 0 Å². The molecule has 0 saturated carbocycles. The number of aryl methyl sites for hydroxylation is 1. The summed E-state index contributed by atoms with van der Waals surface area (Å²) < 4.78 is 26.3. The van der Waals surface area contributed by atoms with Crippen molar-refractivity contribution in [1.29, 1.82) is 0 Å². The Labute approximate surface area is 196 Å². The summed E-state index contributed by atoms with van der Waals surface area (Å²) in [4.78, 5) is 24.4. The van der Waals surface area contributed by atoms with Crippen LogP contribution in [0.2, 0.25) is 5.02 Å². The quantitative estimate of drug-likeness (QED) is 0.613. The molecular weight excluding hydrogens is 451 g/mol. The third-order valence-corrected chi connectivity index (χ3v) is 5.76. The maximum atomic E-state index is 13.8. The summed E-state index contributed by atoms with van der Waals surface area (Å²) in [5, 5.41) is 7.89. The van der Waals surface area contributed by atoms with E-state index in [0.717, 1.165) is 13.1 Å². The van der Waals surface area contributed by atoms with Crippen molar-refractivity contribution >= 4 is 23.4 Å². The molecule has 0 amide bonds. The number of ether oxygens (including phenoxy) is 2. The van der Waals surface area contributed by atoms with Crippen molar-refractivity contribution in [3.63, 3.8) is 0 Å². The van der Waals surface area contributed by atoms with Crippen molar-refractivity contribution < 1.29 is 18.7 Å². The van der Waals surface area contributed by atoms with Crippen molar-refractivity contribution in [1.82, 2.24) is 25.0 Å². The fourth-order valence-electron chi connectivity index (χ4n) is 3.77. The molecule has 0 spiro atoms. The lowest BCUT2D eigenvalue weighted by Crippen LogP contribution is -2.43. The molecule has 2 aliphatic rings. The third-order valence-electron chi connectivity index (χ3n) is 5.44. The van der Waals surface area contributed by atoms with E-state index in [1.165, 1.54) is 12.1 Å². The zero-order valence-electron chi connectivity index (χ0n) is 18.6. The Balaban J connectivity index is 1.82. The highest BCUT2D eigenvalue weighted by Gasteiger charge is 2.35. The summed E-state index contributed by atoms with van der Waals surface area (Å²) in [5.74, 6) is -0.180. The first-order valence-corrected chi connectivity index (χ1v) is 11.3. The second-order valence-corrected chi connectivity index (χ2v) is 8.00. The second kappa shape index (κ2) is 10.4. The molecule has 0 bridgehead atoms. The van der Waals surface area contributed by atoms with Gasteiger partial charge in [0.15, 0.2) is 5.84 Å². The van der Waals surface area contributed by atoms with Crippen LogP contribution >= 0.6 is 11.6 Å². The van der Waals surface area contributed by atoms with Gasteiger partial charge >= 0.3 is 5.97 Å². The van der Waals surface area contributed by atoms with Gasteiger partial charge in [0.05, 0.1) is 25.4 Å². The van der Waals surface area contributed by atoms with Crippen molar-refractivity contribution in [2.24, 2.45) is 4.99 Å². The molecule has 0 radical (unpaired) electrons. The number of nitrogens with zero attached hydrogens (tertiary/aromatic N) is 5. The number of aromatic nitrogens is 3. The van der Waals surface area contributed by atoms with Crippen molar-refractivity contribution in [3.05, 3.63) is 58.0 Å². The van der Waals surface area contributed by atoms with Gasteiger partial charge < -0.3 is 14.8 Å². The molecule has 1 fully saturated rings. The van der Waals surface area contributed by atoms with Crippen LogP contribution in [-0.4, -0.2) is 70.9 Å². The molecule has 1 aromatic heterocycles. The van der Waals surface area contributed by atoms with Gasteiger partial charge in [-0.3, -0.25) is 14.6 Å². The van der Waals surface area contributed by atoms with Gasteiger partial charge in [-0.15, -0.1) is 5.10 Å². The third kappa shape index (κ3) is 5.23. The molecule has 1 N–H and O–H groups in total. The van der Waals surface area contributed by atoms with E-state index in [-0.39, 0.29) is 11.6 Å². The Bertz CT molecular complexity index is 1080. The molecule has 9 nitrogen and oxygen atoms in total. The molecule has 4 rings (SSSR count). The molecule has 1 aromatic carbocycles. The molecule has 2 aromatic rings. The zero-order chi connectivity index (χ0) is 23.4. The Kier molecular flexibility index (Phi) is 7.36. The minimum absolute atomic E-state index is 0.171. The first kappa shape index (κ1) is 23.3. The van der Waals surface area contributed by atoms with Crippen molar-refractivity contribution in [2.45, 2.75) is 26.4 Å². The molecule has 1 unspecified atom stereocenters. The smallest absolute Gasteiger partial charge is 0.338 e. The van der Waals surface area contributed by atoms with Crippen LogP contribution in [0.4, 0.5) is 4.39 Å². The van der Waals surface area contributed by atoms with Gasteiger partial charge in [0.25, 0.3) is 0 Å². The Hall–Kier alpha value is -2.82. The van der Waals surface area contributed by atoms with Crippen LogP contribution in [0.5, 0.6) is 0 Å². The highest BCUT2D eigenvalue weighted by Crippen LogP contribution is 2.36. The number of hydrogen-bond acceptors (Lipinski definition) is 8. The highest BCUT2D eigenvalue weighted by molar-refractivity contribution is 6.31. The average molecular weight is 477 g/mol. The van der Waals surface area contributed by atoms with Crippen LogP contribution in [0.25, 0.3) is 0 Å². The summed E-state index contributed by atoms with van der Waals surface area (Å²) in [7, 11) is 0. The summed E-state index contributed by atoms with van der Waals surface area (Å²) in [6, 6.07) is 3.24. The van der Waals surface area contributed by atoms with E-state index in [2.05, 4.69) is 20.3 Å². The lowest BCUT2D eigenvalue weighted by molar-refractivity contribution is -0.139. The number of carbonyl (C=O) groups is 1. The summed E-state index contributed by atoms with van der Waals surface area (Å²) >= 11 is 6.40. The van der Waals surface area contributed by atoms with Gasteiger partial charge in [0, 0.05) is 42.5 Å². The first-order chi connectivity index (χ1) is 16.0. The van der Waals surface area contributed by atoms with Crippen LogP contribution in [-0.2, 0) is 20.8 Å². The van der Waals surface area contributed by atoms with Crippen LogP contribution in [0.1, 0.15) is 31.3 Å². The highest BCUT2D eigenvalue weighted by atomic mass is 35.5. The molecule has 2 aliphatic heterocycles. The van der Waals surface area contributed by atoms with Crippen LogP contribution in [0.15, 0.2) is 40.8 Å². The number of benzene rings is 1. The molecule has 176 valence electrons. The van der Waals surface area contributed by atoms with Crippen LogP contribution in [0.3, 0.4) is 0 Å². The molecule has 0 aliphatic carbocycles. The van der Waals surface area contributed by atoms with Gasteiger partial charge in [0.1, 0.15) is 18.2 Å². The molecule has 3 heterocycles. The predicted molar refractivity (Wildman–Crippen MR) is 120 cm³/mol. The maximum absolute atomic E-state index is 13.8. The number of rotatable bonds is 7. The lowest BCUT2D eigenvalue weighted by atomic mass is 9.95. The standard InChI is InChI=1S/C22H26ClFN6O3/c1-3-30-13-25-20(28-30)21-26-17(12-29-7-9-32-10-8-29)18(22(31)33-4-2)19(27-21)15-6-5-14(24)11-16(15)23/h5-6,11,13,19H,3-4,7-10,12H2,1-2H3,(H,26,27). The van der Waals surface area contributed by atoms with Gasteiger partial charge in [0.2, 0.25) is 5.82 Å². The minimum atomic E-state index is -0.807. The average Bonchev–Trinajstić information content (AvgIpc) is 3.29. The topological polar surface area (TPSA) is 93.9 Å². The van der Waals surface area contributed by atoms with Gasteiger partial charge in [-0.2, -0.15) is 0 Å². The van der Waals surface area contributed by atoms with Crippen LogP contribution < -0.4 is 5.32 Å². The number of hydrogen-bond donors (Lipinski definition) is 1. The zero-order valence-corrected chi connectivity index (χ0v) is 19.3. The maximum Gasteiger partial charge on any atom is 0.338 e. The summed E-state index contributed by atoms with van der Waals surface area (Å²) in [6.45, 7) is 7.66. The monoisotopic (exact) mass is 476 g/mol. The summed E-state index contributed by atoms with van der Waals surface area (Å²) in [6.07, 6.45) is 1.62. The molecule has 1 saturated heterocycles. The van der Waals surface area contributed by atoms with Gasteiger partial charge in [-0.25, -0.2) is 14.2 Å². The van der Waals surface area contributed by atoms with E-state index < -0.39 is 17.8 Å². The molecule has 1 atom stereocenters. The van der Waals surface area contributed by atoms with E-state index in [9.17, 15) is 9.18 Å². The van der Waals surface area contributed by atoms with Crippen molar-refractivity contribution in [3.8, 4) is 0 Å². The molecule has 11 heteroatoms. The fraction of sp³-hybridized carbons (Fsp3) is 0.455. The van der Waals surface area contributed by atoms with E-state index in [0.29, 0.717) is 54.8 Å². The van der Waals surface area contributed by atoms with Crippen molar-refractivity contribution in [2.75, 3.05) is 39.5 Å². The largest absolute Gasteiger partial charge is 0.463 e. The molecule has 33 heavy (non-hydrogen) atoms. The number of amidine groups is 1. The second-order valence-electron chi connectivity index (χ2n) is 7.60. The van der Waals surface area contributed by atoms with E-state index in [1.54, 1.807) is 24.0 Å². The fourth-order valence-corrected chi connectivity index (χ4v) is 4.04. The van der Waals surface area contributed by atoms with E-state index in [1.807, 2.05) is 6.92 Å². The van der Waals surface area contributed by atoms with Gasteiger partial charge in [-0.05, 0) is 26.0 Å². The Morgan fingerprint density at radius 3 is 2.79 bits per heavy atom. The van der Waals surface area contributed by atoms with E-state index in [4.69, 9.17) is 26.1 Å². The van der Waals surface area contributed by atoms with Crippen LogP contribution in [0, 0.1) is 5.82 Å². The summed E-state index contributed by atoms with van der Waals surface area (Å²) in [5.41, 5.74) is 1.45. The predicted octanol–water partition coefficient (Wildman–Crippen LogP) is 2.33. The first-order valence-electron chi connectivity index (χ1n) is 10.9. The normalized spacial score (nSPS) is 19.3. The van der Waals surface area contributed by atoms with Gasteiger partial charge in [-0.1, -0.05) is 17.7 Å². The lowest BCUT2D eigenvalue weighted by Gasteiger charge is -2.32. The number of morpholine rings is 1. The Morgan fingerprint density at radius 2 is 2.12 bits per heavy atom. The number of halogens is 2. The SMILES string of the molecule is CCOC(=O)C1=C(CN2CCOCC2)NC(c2ncn(CC)n2)=NC1c1ccc(F)cc1Cl.